The average Bonchev–Trinajstić information content (AvgIpc) is 2.34. The summed E-state index contributed by atoms with van der Waals surface area (Å²) >= 11 is 0. The molecule has 90 valence electrons. The first-order chi connectivity index (χ1) is 7.93. The highest BCUT2D eigenvalue weighted by Gasteiger charge is 1.92. The third-order valence-electron chi connectivity index (χ3n) is 2.58. The number of ether oxygens (including phenoxy) is 1. The lowest BCUT2D eigenvalue weighted by molar-refractivity contribution is 0.117. The molecule has 0 amide bonds. The van der Waals surface area contributed by atoms with Crippen LogP contribution in [0.2, 0.25) is 0 Å². The summed E-state index contributed by atoms with van der Waals surface area (Å²) in [6.45, 7) is 2.76. The first-order valence-electron chi connectivity index (χ1n) is 6.20. The van der Waals surface area contributed by atoms with Gasteiger partial charge in [0.15, 0.2) is 0 Å². The van der Waals surface area contributed by atoms with Crippen molar-refractivity contribution >= 4 is 0 Å². The lowest BCUT2D eigenvalue weighted by Gasteiger charge is -2.04. The number of nitrogens with one attached hydrogen (secondary N) is 1. The second kappa shape index (κ2) is 9.37. The van der Waals surface area contributed by atoms with Crippen molar-refractivity contribution in [2.24, 2.45) is 0 Å². The molecule has 16 heavy (non-hydrogen) atoms. The van der Waals surface area contributed by atoms with Crippen LogP contribution >= 0.6 is 0 Å². The zero-order valence-electron chi connectivity index (χ0n) is 10.2. The normalized spacial score (nSPS) is 10.6. The van der Waals surface area contributed by atoms with Gasteiger partial charge in [0, 0.05) is 6.61 Å². The molecule has 0 aliphatic heterocycles. The quantitative estimate of drug-likeness (QED) is 0.647. The Morgan fingerprint density at radius 3 is 2.50 bits per heavy atom. The predicted molar refractivity (Wildman–Crippen MR) is 68.5 cm³/mol. The van der Waals surface area contributed by atoms with E-state index in [-0.39, 0.29) is 0 Å². The largest absolute Gasteiger partial charge is 0.377 e. The van der Waals surface area contributed by atoms with Gasteiger partial charge in [-0.2, -0.15) is 0 Å². The SMILES string of the molecule is CNCCCCCCOCc1ccccc1. The molecule has 0 atom stereocenters. The van der Waals surface area contributed by atoms with Crippen LogP contribution in [-0.2, 0) is 11.3 Å². The summed E-state index contributed by atoms with van der Waals surface area (Å²) in [6.07, 6.45) is 5.03. The van der Waals surface area contributed by atoms with Crippen LogP contribution in [-0.4, -0.2) is 20.2 Å². The van der Waals surface area contributed by atoms with E-state index in [1.807, 2.05) is 13.1 Å². The molecule has 0 aliphatic carbocycles. The van der Waals surface area contributed by atoms with Crippen LogP contribution in [0.1, 0.15) is 31.2 Å². The second-order valence-electron chi connectivity index (χ2n) is 4.06. The van der Waals surface area contributed by atoms with Crippen molar-refractivity contribution < 1.29 is 4.74 Å². The van der Waals surface area contributed by atoms with Gasteiger partial charge < -0.3 is 10.1 Å². The van der Waals surface area contributed by atoms with Crippen molar-refractivity contribution in [2.75, 3.05) is 20.2 Å². The highest BCUT2D eigenvalue weighted by molar-refractivity contribution is 5.13. The Labute approximate surface area is 99.0 Å². The fourth-order valence-corrected chi connectivity index (χ4v) is 1.62. The highest BCUT2D eigenvalue weighted by Crippen LogP contribution is 2.03. The van der Waals surface area contributed by atoms with Crippen LogP contribution in [0.15, 0.2) is 30.3 Å². The molecular formula is C14H23NO. The number of unbranched alkanes of at least 4 members (excludes halogenated alkanes) is 3. The van der Waals surface area contributed by atoms with Gasteiger partial charge in [0.2, 0.25) is 0 Å². The third kappa shape index (κ3) is 6.59. The van der Waals surface area contributed by atoms with Gasteiger partial charge in [-0.05, 0) is 32.0 Å². The van der Waals surface area contributed by atoms with E-state index in [9.17, 15) is 0 Å². The predicted octanol–water partition coefficient (Wildman–Crippen LogP) is 2.98. The molecule has 0 aliphatic rings. The minimum atomic E-state index is 0.747. The van der Waals surface area contributed by atoms with Crippen molar-refractivity contribution in [3.8, 4) is 0 Å². The molecule has 0 aromatic heterocycles. The van der Waals surface area contributed by atoms with Crippen molar-refractivity contribution in [3.63, 3.8) is 0 Å². The maximum atomic E-state index is 5.61. The Bertz CT molecular complexity index is 248. The first kappa shape index (κ1) is 13.2. The summed E-state index contributed by atoms with van der Waals surface area (Å²) in [4.78, 5) is 0. The van der Waals surface area contributed by atoms with Crippen molar-refractivity contribution in [2.45, 2.75) is 32.3 Å². The minimum Gasteiger partial charge on any atom is -0.377 e. The van der Waals surface area contributed by atoms with Crippen LogP contribution in [0, 0.1) is 0 Å². The van der Waals surface area contributed by atoms with E-state index in [1.54, 1.807) is 0 Å². The molecule has 0 saturated heterocycles. The third-order valence-corrected chi connectivity index (χ3v) is 2.58. The summed E-state index contributed by atoms with van der Waals surface area (Å²) in [6, 6.07) is 10.3. The highest BCUT2D eigenvalue weighted by atomic mass is 16.5. The Hall–Kier alpha value is -0.860. The van der Waals surface area contributed by atoms with E-state index < -0.39 is 0 Å². The maximum Gasteiger partial charge on any atom is 0.0716 e. The van der Waals surface area contributed by atoms with Crippen molar-refractivity contribution in [3.05, 3.63) is 35.9 Å². The van der Waals surface area contributed by atoms with Crippen molar-refractivity contribution in [1.82, 2.24) is 5.32 Å². The Morgan fingerprint density at radius 2 is 1.75 bits per heavy atom. The topological polar surface area (TPSA) is 21.3 Å². The van der Waals surface area contributed by atoms with E-state index in [4.69, 9.17) is 4.74 Å². The number of rotatable bonds is 9. The molecule has 1 aromatic carbocycles. The van der Waals surface area contributed by atoms with E-state index in [0.717, 1.165) is 19.8 Å². The first-order valence-corrected chi connectivity index (χ1v) is 6.20. The van der Waals surface area contributed by atoms with Crippen molar-refractivity contribution in [1.29, 1.82) is 0 Å². The number of benzene rings is 1. The molecule has 0 heterocycles. The van der Waals surface area contributed by atoms with Crippen LogP contribution in [0.4, 0.5) is 0 Å². The zero-order valence-corrected chi connectivity index (χ0v) is 10.2. The molecule has 1 rings (SSSR count). The van der Waals surface area contributed by atoms with E-state index >= 15 is 0 Å². The van der Waals surface area contributed by atoms with Crippen LogP contribution in [0.3, 0.4) is 0 Å². The second-order valence-corrected chi connectivity index (χ2v) is 4.06. The van der Waals surface area contributed by atoms with E-state index in [0.29, 0.717) is 0 Å². The Morgan fingerprint density at radius 1 is 1.00 bits per heavy atom. The van der Waals surface area contributed by atoms with Gasteiger partial charge in [0.05, 0.1) is 6.61 Å². The zero-order chi connectivity index (χ0) is 11.5. The molecule has 0 spiro atoms. The van der Waals surface area contributed by atoms with Gasteiger partial charge in [-0.3, -0.25) is 0 Å². The smallest absolute Gasteiger partial charge is 0.0716 e. The van der Waals surface area contributed by atoms with Gasteiger partial charge in [-0.25, -0.2) is 0 Å². The molecule has 0 saturated carbocycles. The lowest BCUT2D eigenvalue weighted by atomic mass is 10.2. The summed E-state index contributed by atoms with van der Waals surface area (Å²) in [7, 11) is 2.00. The molecule has 2 nitrogen and oxygen atoms in total. The number of hydrogen-bond donors (Lipinski definition) is 1. The summed E-state index contributed by atoms with van der Waals surface area (Å²) in [5.74, 6) is 0. The van der Waals surface area contributed by atoms with Crippen LogP contribution in [0.5, 0.6) is 0 Å². The monoisotopic (exact) mass is 221 g/mol. The summed E-state index contributed by atoms with van der Waals surface area (Å²) in [5.41, 5.74) is 1.26. The minimum absolute atomic E-state index is 0.747. The lowest BCUT2D eigenvalue weighted by Crippen LogP contribution is -2.07. The molecule has 0 radical (unpaired) electrons. The standard InChI is InChI=1S/C14H23NO/c1-15-11-7-2-3-8-12-16-13-14-9-5-4-6-10-14/h4-6,9-10,15H,2-3,7-8,11-13H2,1H3. The van der Waals surface area contributed by atoms with E-state index in [1.165, 1.54) is 31.2 Å². The van der Waals surface area contributed by atoms with Crippen LogP contribution < -0.4 is 5.32 Å². The molecule has 0 unspecified atom stereocenters. The van der Waals surface area contributed by atoms with Gasteiger partial charge in [-0.1, -0.05) is 43.2 Å². The molecule has 0 fully saturated rings. The molecule has 0 bridgehead atoms. The van der Waals surface area contributed by atoms with Gasteiger partial charge in [0.1, 0.15) is 0 Å². The molecule has 1 N–H and O–H groups in total. The summed E-state index contributed by atoms with van der Waals surface area (Å²) in [5, 5.41) is 3.16. The van der Waals surface area contributed by atoms with Gasteiger partial charge in [-0.15, -0.1) is 0 Å². The molecular weight excluding hydrogens is 198 g/mol. The van der Waals surface area contributed by atoms with Gasteiger partial charge >= 0.3 is 0 Å². The van der Waals surface area contributed by atoms with Crippen LogP contribution in [0.25, 0.3) is 0 Å². The molecule has 1 aromatic rings. The van der Waals surface area contributed by atoms with Gasteiger partial charge in [0.25, 0.3) is 0 Å². The molecule has 2 heteroatoms. The average molecular weight is 221 g/mol. The fourth-order valence-electron chi connectivity index (χ4n) is 1.62. The Balaban J connectivity index is 1.89. The fraction of sp³-hybridized carbons (Fsp3) is 0.571. The summed E-state index contributed by atoms with van der Waals surface area (Å²) < 4.78 is 5.61. The number of hydrogen-bond acceptors (Lipinski definition) is 2. The maximum absolute atomic E-state index is 5.61. The Kier molecular flexibility index (Phi) is 7.74. The van der Waals surface area contributed by atoms with E-state index in [2.05, 4.69) is 29.6 Å².